The average Bonchev–Trinajstić information content (AvgIpc) is 3.04. The van der Waals surface area contributed by atoms with Crippen molar-refractivity contribution in [2.45, 2.75) is 24.6 Å². The number of rotatable bonds is 5. The van der Waals surface area contributed by atoms with Gasteiger partial charge in [0, 0.05) is 12.3 Å². The van der Waals surface area contributed by atoms with Gasteiger partial charge in [0.15, 0.2) is 11.5 Å². The summed E-state index contributed by atoms with van der Waals surface area (Å²) in [6.45, 7) is -0.403. The van der Waals surface area contributed by atoms with Crippen LogP contribution in [0.2, 0.25) is 0 Å². The number of hydrogen-bond acceptors (Lipinski definition) is 5. The van der Waals surface area contributed by atoms with Crippen molar-refractivity contribution in [3.63, 3.8) is 0 Å². The van der Waals surface area contributed by atoms with E-state index in [1.54, 1.807) is 0 Å². The van der Waals surface area contributed by atoms with Gasteiger partial charge in [-0.2, -0.15) is 13.2 Å². The zero-order valence-corrected chi connectivity index (χ0v) is 15.5. The number of nitrogens with zero attached hydrogens (tertiary/aromatic N) is 3. The van der Waals surface area contributed by atoms with Crippen molar-refractivity contribution >= 4 is 11.9 Å². The van der Waals surface area contributed by atoms with E-state index < -0.39 is 66.2 Å². The van der Waals surface area contributed by atoms with Gasteiger partial charge in [-0.05, 0) is 23.8 Å². The summed E-state index contributed by atoms with van der Waals surface area (Å²) in [7, 11) is 0. The van der Waals surface area contributed by atoms with E-state index in [0.29, 0.717) is 6.07 Å². The Morgan fingerprint density at radius 1 is 1.19 bits per heavy atom. The fourth-order valence-electron chi connectivity index (χ4n) is 2.99. The normalized spacial score (nSPS) is 17.8. The van der Waals surface area contributed by atoms with Crippen LogP contribution in [0.25, 0.3) is 0 Å². The molecule has 0 aromatic carbocycles. The van der Waals surface area contributed by atoms with Crippen LogP contribution in [0.3, 0.4) is 0 Å². The van der Waals surface area contributed by atoms with Gasteiger partial charge >= 0.3 is 18.6 Å². The van der Waals surface area contributed by atoms with E-state index in [1.165, 1.54) is 0 Å². The number of hydrogen-bond donors (Lipinski definition) is 2. The van der Waals surface area contributed by atoms with Crippen LogP contribution in [-0.4, -0.2) is 45.8 Å². The third-order valence-electron chi connectivity index (χ3n) is 4.30. The lowest BCUT2D eigenvalue weighted by atomic mass is 10.0. The SMILES string of the molecule is NC(=O)C1CN([C@@H](c2ccc(OC(F)(F)F)nc2)c2ccc(F)c(C(F)(F)F)n2)C(=O)N1. The Morgan fingerprint density at radius 3 is 2.38 bits per heavy atom. The highest BCUT2D eigenvalue weighted by atomic mass is 19.4. The number of alkyl halides is 6. The summed E-state index contributed by atoms with van der Waals surface area (Å²) in [5, 5.41) is 2.22. The monoisotopic (exact) mass is 467 g/mol. The molecule has 0 bridgehead atoms. The Balaban J connectivity index is 2.07. The molecule has 3 N–H and O–H groups in total. The van der Waals surface area contributed by atoms with Crippen LogP contribution in [0.4, 0.5) is 35.5 Å². The summed E-state index contributed by atoms with van der Waals surface area (Å²) in [5.41, 5.74) is 2.71. The van der Waals surface area contributed by atoms with Crippen LogP contribution >= 0.6 is 0 Å². The Labute approximate surface area is 174 Å². The highest BCUT2D eigenvalue weighted by Gasteiger charge is 2.41. The number of halogens is 7. The quantitative estimate of drug-likeness (QED) is 0.657. The molecule has 1 aliphatic heterocycles. The van der Waals surface area contributed by atoms with Gasteiger partial charge < -0.3 is 20.7 Å². The van der Waals surface area contributed by atoms with Gasteiger partial charge in [-0.15, -0.1) is 13.2 Å². The third kappa shape index (κ3) is 4.97. The fourth-order valence-corrected chi connectivity index (χ4v) is 2.99. The molecular formula is C17H12F7N5O3. The largest absolute Gasteiger partial charge is 0.574 e. The molecule has 1 saturated heterocycles. The van der Waals surface area contributed by atoms with E-state index in [0.717, 1.165) is 29.3 Å². The number of nitrogens with two attached hydrogens (primary N) is 1. The number of aromatic nitrogens is 2. The Bertz CT molecular complexity index is 1030. The molecule has 0 saturated carbocycles. The summed E-state index contributed by atoms with van der Waals surface area (Å²) in [6, 6.07) is -0.492. The number of nitrogens with one attached hydrogen (secondary N) is 1. The van der Waals surface area contributed by atoms with E-state index >= 15 is 0 Å². The second-order valence-corrected chi connectivity index (χ2v) is 6.50. The molecule has 2 aromatic rings. The number of ether oxygens (including phenoxy) is 1. The number of carbonyl (C=O) groups excluding carboxylic acids is 2. The van der Waals surface area contributed by atoms with E-state index in [2.05, 4.69) is 20.0 Å². The first kappa shape index (κ1) is 23.0. The third-order valence-corrected chi connectivity index (χ3v) is 4.30. The van der Waals surface area contributed by atoms with Gasteiger partial charge in [0.2, 0.25) is 11.8 Å². The smallest absolute Gasteiger partial charge is 0.388 e. The van der Waals surface area contributed by atoms with Gasteiger partial charge in [-0.25, -0.2) is 19.2 Å². The van der Waals surface area contributed by atoms with Crippen molar-refractivity contribution in [2.75, 3.05) is 6.54 Å². The summed E-state index contributed by atoms with van der Waals surface area (Å²) < 4.78 is 93.8. The van der Waals surface area contributed by atoms with Gasteiger partial charge in [-0.3, -0.25) is 4.79 Å². The second-order valence-electron chi connectivity index (χ2n) is 6.50. The molecule has 8 nitrogen and oxygen atoms in total. The molecule has 2 aromatic heterocycles. The predicted molar refractivity (Wildman–Crippen MR) is 90.2 cm³/mol. The first-order valence-electron chi connectivity index (χ1n) is 8.58. The molecule has 1 unspecified atom stereocenters. The van der Waals surface area contributed by atoms with Crippen LogP contribution in [0.1, 0.15) is 23.0 Å². The van der Waals surface area contributed by atoms with Crippen molar-refractivity contribution in [1.29, 1.82) is 0 Å². The van der Waals surface area contributed by atoms with Crippen molar-refractivity contribution in [3.05, 3.63) is 53.2 Å². The zero-order chi connectivity index (χ0) is 23.8. The van der Waals surface area contributed by atoms with E-state index in [9.17, 15) is 40.3 Å². The summed E-state index contributed by atoms with van der Waals surface area (Å²) >= 11 is 0. The maximum atomic E-state index is 13.7. The molecule has 1 fully saturated rings. The number of carbonyl (C=O) groups is 2. The molecule has 1 aliphatic rings. The number of amides is 3. The molecule has 15 heteroatoms. The molecule has 2 atom stereocenters. The predicted octanol–water partition coefficient (Wildman–Crippen LogP) is 2.50. The van der Waals surface area contributed by atoms with Crippen molar-refractivity contribution < 1.29 is 45.1 Å². The highest BCUT2D eigenvalue weighted by molar-refractivity contribution is 5.89. The average molecular weight is 467 g/mol. The van der Waals surface area contributed by atoms with Crippen LogP contribution in [0.15, 0.2) is 30.5 Å². The van der Waals surface area contributed by atoms with Crippen LogP contribution < -0.4 is 15.8 Å². The van der Waals surface area contributed by atoms with Crippen molar-refractivity contribution in [2.24, 2.45) is 5.73 Å². The number of pyridine rings is 2. The minimum Gasteiger partial charge on any atom is -0.388 e. The molecule has 0 spiro atoms. The van der Waals surface area contributed by atoms with E-state index in [4.69, 9.17) is 5.73 Å². The zero-order valence-electron chi connectivity index (χ0n) is 15.5. The van der Waals surface area contributed by atoms with Gasteiger partial charge in [0.25, 0.3) is 0 Å². The molecule has 3 amide bonds. The van der Waals surface area contributed by atoms with Gasteiger partial charge in [0.05, 0.1) is 12.2 Å². The summed E-state index contributed by atoms with van der Waals surface area (Å²) in [6.07, 6.45) is -9.40. The molecule has 3 heterocycles. The van der Waals surface area contributed by atoms with Crippen LogP contribution in [0.5, 0.6) is 5.88 Å². The molecule has 3 rings (SSSR count). The van der Waals surface area contributed by atoms with Gasteiger partial charge in [0.1, 0.15) is 12.1 Å². The van der Waals surface area contributed by atoms with E-state index in [-0.39, 0.29) is 5.56 Å². The maximum Gasteiger partial charge on any atom is 0.574 e. The molecular weight excluding hydrogens is 455 g/mol. The Hall–Kier alpha value is -3.65. The molecule has 0 aliphatic carbocycles. The Morgan fingerprint density at radius 2 is 1.88 bits per heavy atom. The number of primary amides is 1. The van der Waals surface area contributed by atoms with Crippen LogP contribution in [-0.2, 0) is 11.0 Å². The second kappa shape index (κ2) is 8.12. The minimum atomic E-state index is -5.17. The lowest BCUT2D eigenvalue weighted by Gasteiger charge is -2.27. The topological polar surface area (TPSA) is 110 Å². The first-order valence-corrected chi connectivity index (χ1v) is 8.58. The Kier molecular flexibility index (Phi) is 5.84. The van der Waals surface area contributed by atoms with Crippen molar-refractivity contribution in [1.82, 2.24) is 20.2 Å². The summed E-state index contributed by atoms with van der Waals surface area (Å²) in [5.74, 6) is -3.48. The number of urea groups is 1. The summed E-state index contributed by atoms with van der Waals surface area (Å²) in [4.78, 5) is 31.4. The molecule has 0 radical (unpaired) electrons. The first-order chi connectivity index (χ1) is 14.8. The standard InChI is InChI=1S/C17H12F7N5O3/c18-8-2-3-9(27-13(8)16(19,20)21)12(29-6-10(14(25)30)28-15(29)31)7-1-4-11(26-5-7)32-17(22,23)24/h1-5,10,12H,6H2,(H2,25,30)(H,28,31)/t10?,12-/m0/s1. The molecule has 32 heavy (non-hydrogen) atoms. The van der Waals surface area contributed by atoms with Crippen molar-refractivity contribution in [3.8, 4) is 5.88 Å². The van der Waals surface area contributed by atoms with Gasteiger partial charge in [-0.1, -0.05) is 0 Å². The maximum absolute atomic E-state index is 13.7. The lowest BCUT2D eigenvalue weighted by Crippen LogP contribution is -2.39. The highest BCUT2D eigenvalue weighted by Crippen LogP contribution is 2.35. The molecule has 172 valence electrons. The fraction of sp³-hybridized carbons (Fsp3) is 0.294. The minimum absolute atomic E-state index is 0.0907. The van der Waals surface area contributed by atoms with Crippen LogP contribution in [0, 0.1) is 5.82 Å². The van der Waals surface area contributed by atoms with E-state index in [1.807, 2.05) is 0 Å². The lowest BCUT2D eigenvalue weighted by molar-refractivity contribution is -0.276.